The molecule has 2 aromatic carbocycles. The van der Waals surface area contributed by atoms with E-state index in [1.807, 2.05) is 19.1 Å². The van der Waals surface area contributed by atoms with E-state index in [9.17, 15) is 37.6 Å². The molecule has 5 saturated heterocycles. The van der Waals surface area contributed by atoms with Crippen LogP contribution in [0.5, 0.6) is 5.75 Å². The predicted octanol–water partition coefficient (Wildman–Crippen LogP) is 5.49. The number of benzene rings is 2. The molecular formula is C41H43ClF3N9O5S. The summed E-state index contributed by atoms with van der Waals surface area (Å²) in [6, 6.07) is 12.5. The lowest BCUT2D eigenvalue weighted by atomic mass is 9.91. The number of amides is 4. The number of halogens is 4. The standard InChI is InChI=1S/C41H43ClF3N9O5S/c1-4-23-13-27(54-39(60)53(38(58)40(54,2)3)30-17-31(41(43,44)45)33(18-46)47-19-30)7-9-34(23)59-12-11-51-20-29-6-5-28(51)21-52(29)22-36(56)49-26-15-24(42)14-25(16-26)48-32-8-10-35(55)50-37(32)57/h7,9,13-17,19,28-29,32,48H,4-6,8,10-12,20-22H2,1-3H3,(H,49,56)(H,50,55,57)/t28-,29?,32?/m1/s1. The molecule has 8 rings (SSSR count). The van der Waals surface area contributed by atoms with Crippen LogP contribution in [0.2, 0.25) is 5.02 Å². The van der Waals surface area contributed by atoms with E-state index in [-0.39, 0.29) is 47.7 Å². The van der Waals surface area contributed by atoms with Crippen molar-refractivity contribution >= 4 is 75.3 Å². The van der Waals surface area contributed by atoms with Crippen molar-refractivity contribution in [1.29, 1.82) is 5.26 Å². The number of hydrogen-bond acceptors (Lipinski definition) is 11. The molecule has 1 aromatic heterocycles. The highest BCUT2D eigenvalue weighted by molar-refractivity contribution is 7.81. The summed E-state index contributed by atoms with van der Waals surface area (Å²) in [7, 11) is 0. The summed E-state index contributed by atoms with van der Waals surface area (Å²) >= 11 is 12.0. The molecule has 0 radical (unpaired) electrons. The number of piperazine rings is 1. The number of pyridine rings is 1. The summed E-state index contributed by atoms with van der Waals surface area (Å²) < 4.78 is 47.6. The van der Waals surface area contributed by atoms with Gasteiger partial charge in [-0.15, -0.1) is 0 Å². The van der Waals surface area contributed by atoms with Crippen LogP contribution in [0.3, 0.4) is 0 Å². The Morgan fingerprint density at radius 2 is 1.77 bits per heavy atom. The quantitative estimate of drug-likeness (QED) is 0.155. The minimum Gasteiger partial charge on any atom is -0.492 e. The smallest absolute Gasteiger partial charge is 0.419 e. The molecule has 0 aliphatic carbocycles. The third kappa shape index (κ3) is 8.76. The van der Waals surface area contributed by atoms with Crippen LogP contribution in [0.25, 0.3) is 0 Å². The zero-order chi connectivity index (χ0) is 43.1. The first-order valence-electron chi connectivity index (χ1n) is 19.6. The number of alkyl halides is 3. The van der Waals surface area contributed by atoms with Gasteiger partial charge in [-0.05, 0) is 99.8 Å². The minimum absolute atomic E-state index is 0.0232. The van der Waals surface area contributed by atoms with E-state index >= 15 is 0 Å². The zero-order valence-corrected chi connectivity index (χ0v) is 34.6. The number of aryl methyl sites for hydroxylation is 1. The third-order valence-corrected chi connectivity index (χ3v) is 12.0. The number of imide groups is 1. The molecular weight excluding hydrogens is 823 g/mol. The molecule has 5 aliphatic rings. The van der Waals surface area contributed by atoms with Crippen molar-refractivity contribution in [3.05, 3.63) is 70.5 Å². The van der Waals surface area contributed by atoms with E-state index in [4.69, 9.17) is 28.6 Å². The molecule has 2 bridgehead atoms. The van der Waals surface area contributed by atoms with E-state index < -0.39 is 40.8 Å². The van der Waals surface area contributed by atoms with Crippen LogP contribution in [-0.4, -0.2) is 100.0 Å². The summed E-state index contributed by atoms with van der Waals surface area (Å²) in [6.45, 7) is 8.04. The van der Waals surface area contributed by atoms with Crippen molar-refractivity contribution in [2.24, 2.45) is 0 Å². The van der Waals surface area contributed by atoms with Crippen molar-refractivity contribution in [3.63, 3.8) is 0 Å². The monoisotopic (exact) mass is 865 g/mol. The Hall–Kier alpha value is -5.35. The molecule has 19 heteroatoms. The third-order valence-electron chi connectivity index (χ3n) is 11.4. The fourth-order valence-electron chi connectivity index (χ4n) is 8.37. The molecule has 3 atom stereocenters. The molecule has 316 valence electrons. The Morgan fingerprint density at radius 1 is 1.05 bits per heavy atom. The highest BCUT2D eigenvalue weighted by Crippen LogP contribution is 2.40. The van der Waals surface area contributed by atoms with Crippen molar-refractivity contribution in [2.75, 3.05) is 53.2 Å². The Labute approximate surface area is 355 Å². The van der Waals surface area contributed by atoms with Crippen molar-refractivity contribution in [1.82, 2.24) is 20.1 Å². The maximum atomic E-state index is 13.8. The Morgan fingerprint density at radius 3 is 2.43 bits per heavy atom. The molecule has 4 amide bonds. The van der Waals surface area contributed by atoms with Crippen molar-refractivity contribution < 1.29 is 37.1 Å². The minimum atomic E-state index is -4.86. The molecule has 0 spiro atoms. The molecule has 3 aromatic rings. The zero-order valence-electron chi connectivity index (χ0n) is 33.1. The van der Waals surface area contributed by atoms with Gasteiger partial charge in [-0.2, -0.15) is 18.4 Å². The first kappa shape index (κ1) is 42.8. The lowest BCUT2D eigenvalue weighted by Crippen LogP contribution is -2.63. The second-order valence-electron chi connectivity index (χ2n) is 15.7. The number of carbonyl (C=O) groups is 4. The van der Waals surface area contributed by atoms with Crippen LogP contribution in [0, 0.1) is 11.3 Å². The van der Waals surface area contributed by atoms with E-state index in [2.05, 4.69) is 30.7 Å². The number of piperidine rings is 3. The van der Waals surface area contributed by atoms with Gasteiger partial charge in [-0.1, -0.05) is 18.5 Å². The summed E-state index contributed by atoms with van der Waals surface area (Å²) in [5, 5.41) is 17.9. The normalized spacial score (nSPS) is 21.9. The van der Waals surface area contributed by atoms with Crippen LogP contribution < -0.4 is 30.5 Å². The number of aromatic nitrogens is 1. The first-order chi connectivity index (χ1) is 28.5. The summed E-state index contributed by atoms with van der Waals surface area (Å²) in [4.78, 5) is 61.5. The molecule has 3 N–H and O–H groups in total. The number of ether oxygens (including phenoxy) is 1. The topological polar surface area (TPSA) is 163 Å². The van der Waals surface area contributed by atoms with Gasteiger partial charge >= 0.3 is 6.18 Å². The van der Waals surface area contributed by atoms with Gasteiger partial charge in [0.25, 0.3) is 5.91 Å². The van der Waals surface area contributed by atoms with Crippen LogP contribution in [0.15, 0.2) is 48.7 Å². The molecule has 5 fully saturated rings. The number of thiocarbonyl (C=S) groups is 1. The second-order valence-corrected chi connectivity index (χ2v) is 16.5. The fourth-order valence-corrected chi connectivity index (χ4v) is 9.12. The first-order valence-corrected chi connectivity index (χ1v) is 20.4. The Bertz CT molecular complexity index is 2290. The van der Waals surface area contributed by atoms with Gasteiger partial charge < -0.3 is 20.3 Å². The van der Waals surface area contributed by atoms with Gasteiger partial charge in [0, 0.05) is 60.2 Å². The second kappa shape index (κ2) is 17.0. The van der Waals surface area contributed by atoms with E-state index in [0.717, 1.165) is 48.7 Å². The van der Waals surface area contributed by atoms with Gasteiger partial charge in [0.15, 0.2) is 10.8 Å². The lowest BCUT2D eigenvalue weighted by molar-refractivity contribution is -0.138. The summed E-state index contributed by atoms with van der Waals surface area (Å²) in [5.41, 5.74) is -1.02. The van der Waals surface area contributed by atoms with E-state index in [1.165, 1.54) is 6.07 Å². The van der Waals surface area contributed by atoms with Gasteiger partial charge in [0.2, 0.25) is 17.7 Å². The molecule has 5 aliphatic heterocycles. The van der Waals surface area contributed by atoms with Crippen molar-refractivity contribution in [2.45, 2.75) is 82.7 Å². The van der Waals surface area contributed by atoms with Crippen LogP contribution in [-0.2, 0) is 31.8 Å². The van der Waals surface area contributed by atoms with Crippen LogP contribution in [0.4, 0.5) is 35.9 Å². The summed E-state index contributed by atoms with van der Waals surface area (Å²) in [5.74, 6) is -0.775. The summed E-state index contributed by atoms with van der Waals surface area (Å²) in [6.07, 6.45) is -0.676. The molecule has 60 heavy (non-hydrogen) atoms. The average Bonchev–Trinajstić information content (AvgIpc) is 3.37. The van der Waals surface area contributed by atoms with E-state index in [0.29, 0.717) is 53.8 Å². The maximum Gasteiger partial charge on any atom is 0.419 e. The number of fused-ring (bicyclic) bond motifs is 3. The number of rotatable bonds is 12. The number of nitriles is 1. The predicted molar refractivity (Wildman–Crippen MR) is 222 cm³/mol. The van der Waals surface area contributed by atoms with E-state index in [1.54, 1.807) is 43.0 Å². The number of nitrogens with one attached hydrogen (secondary N) is 3. The van der Waals surface area contributed by atoms with Crippen LogP contribution in [0.1, 0.15) is 63.3 Å². The SMILES string of the molecule is CCc1cc(N2C(=S)N(c3cnc(C#N)c(C(F)(F)F)c3)C(=O)C2(C)C)ccc1OCCN1CC2CC[C@@H]1CN2CC(=O)Nc1cc(Cl)cc(NC2CCC(=O)NC2=O)c1. The number of carbonyl (C=O) groups excluding carboxylic acids is 4. The van der Waals surface area contributed by atoms with Crippen LogP contribution >= 0.6 is 23.8 Å². The molecule has 6 heterocycles. The van der Waals surface area contributed by atoms with Gasteiger partial charge in [-0.25, -0.2) is 4.98 Å². The van der Waals surface area contributed by atoms with Gasteiger partial charge in [0.1, 0.15) is 30.0 Å². The Kier molecular flexibility index (Phi) is 12.1. The lowest BCUT2D eigenvalue weighted by Gasteiger charge is -2.51. The number of hydrogen-bond donors (Lipinski definition) is 3. The van der Waals surface area contributed by atoms with Gasteiger partial charge in [0.05, 0.1) is 24.0 Å². The molecule has 14 nitrogen and oxygen atoms in total. The number of nitrogens with zero attached hydrogens (tertiary/aromatic N) is 6. The highest BCUT2D eigenvalue weighted by atomic mass is 35.5. The maximum absolute atomic E-state index is 13.8. The highest BCUT2D eigenvalue weighted by Gasteiger charge is 2.51. The average molecular weight is 866 g/mol. The largest absolute Gasteiger partial charge is 0.492 e. The van der Waals surface area contributed by atoms with Crippen molar-refractivity contribution in [3.8, 4) is 11.8 Å². The fraction of sp³-hybridized carbons (Fsp3) is 0.439. The molecule has 2 unspecified atom stereocenters. The number of anilines is 4. The Balaban J connectivity index is 0.938. The van der Waals surface area contributed by atoms with Gasteiger partial charge in [-0.3, -0.25) is 39.2 Å². The molecule has 0 saturated carbocycles.